The topological polar surface area (TPSA) is 111 Å². The molecule has 2 heterocycles. The van der Waals surface area contributed by atoms with Crippen LogP contribution in [0.2, 0.25) is 0 Å². The van der Waals surface area contributed by atoms with Crippen LogP contribution in [0.3, 0.4) is 0 Å². The number of rotatable bonds is 3. The Balaban J connectivity index is 1.79. The summed E-state index contributed by atoms with van der Waals surface area (Å²) in [6.07, 6.45) is 2.08. The van der Waals surface area contributed by atoms with Crippen LogP contribution in [-0.2, 0) is 0 Å². The Morgan fingerprint density at radius 2 is 2.05 bits per heavy atom. The van der Waals surface area contributed by atoms with E-state index in [-0.39, 0.29) is 11.5 Å². The first-order valence-corrected chi connectivity index (χ1v) is 7.07. The van der Waals surface area contributed by atoms with Gasteiger partial charge in [-0.3, -0.25) is 5.10 Å². The van der Waals surface area contributed by atoms with E-state index in [4.69, 9.17) is 5.73 Å². The molecule has 0 spiro atoms. The number of nitrogens with zero attached hydrogens (tertiary/aromatic N) is 3. The minimum atomic E-state index is -0.193. The van der Waals surface area contributed by atoms with Gasteiger partial charge in [-0.1, -0.05) is 6.07 Å². The van der Waals surface area contributed by atoms with Gasteiger partial charge in [-0.15, -0.1) is 5.10 Å². The van der Waals surface area contributed by atoms with Crippen molar-refractivity contribution in [2.24, 2.45) is 11.7 Å². The summed E-state index contributed by atoms with van der Waals surface area (Å²) in [5, 5.41) is 26.4. The number of aromatic amines is 1. The van der Waals surface area contributed by atoms with E-state index in [1.54, 1.807) is 12.1 Å². The number of benzene rings is 1. The number of anilines is 1. The summed E-state index contributed by atoms with van der Waals surface area (Å²) in [5.74, 6) is 1.27. The van der Waals surface area contributed by atoms with E-state index >= 15 is 0 Å². The lowest BCUT2D eigenvalue weighted by Gasteiger charge is -2.30. The molecule has 0 atom stereocenters. The highest BCUT2D eigenvalue weighted by molar-refractivity contribution is 5.68. The van der Waals surface area contributed by atoms with E-state index in [1.807, 2.05) is 0 Å². The molecule has 2 aromatic rings. The molecular formula is C14H19N5O2. The van der Waals surface area contributed by atoms with Gasteiger partial charge in [0.15, 0.2) is 17.3 Å². The first-order valence-electron chi connectivity index (χ1n) is 7.07. The molecule has 7 nitrogen and oxygen atoms in total. The van der Waals surface area contributed by atoms with Crippen LogP contribution >= 0.6 is 0 Å². The molecule has 112 valence electrons. The third-order valence-corrected chi connectivity index (χ3v) is 3.97. The number of aromatic hydroxyl groups is 2. The molecule has 7 heteroatoms. The highest BCUT2D eigenvalue weighted by Crippen LogP contribution is 2.34. The molecule has 0 amide bonds. The molecule has 1 aromatic heterocycles. The minimum absolute atomic E-state index is 0.172. The molecule has 1 aromatic carbocycles. The SMILES string of the molecule is NCC1CCN(c2n[nH]c(-c3cccc(O)c3O)n2)CC1. The molecule has 1 saturated heterocycles. The maximum atomic E-state index is 9.87. The van der Waals surface area contributed by atoms with E-state index in [2.05, 4.69) is 20.1 Å². The van der Waals surface area contributed by atoms with Crippen molar-refractivity contribution >= 4 is 5.95 Å². The first kappa shape index (κ1) is 13.7. The van der Waals surface area contributed by atoms with Crippen molar-refractivity contribution in [2.45, 2.75) is 12.8 Å². The first-order chi connectivity index (χ1) is 10.2. The Morgan fingerprint density at radius 3 is 2.76 bits per heavy atom. The molecule has 1 aliphatic rings. The van der Waals surface area contributed by atoms with E-state index in [1.165, 1.54) is 6.07 Å². The number of hydrogen-bond donors (Lipinski definition) is 4. The smallest absolute Gasteiger partial charge is 0.245 e. The van der Waals surface area contributed by atoms with Crippen LogP contribution in [0.4, 0.5) is 5.95 Å². The highest BCUT2D eigenvalue weighted by Gasteiger charge is 2.21. The number of nitrogens with one attached hydrogen (secondary N) is 1. The Labute approximate surface area is 122 Å². The van der Waals surface area contributed by atoms with Gasteiger partial charge < -0.3 is 20.8 Å². The predicted molar refractivity (Wildman–Crippen MR) is 79.1 cm³/mol. The monoisotopic (exact) mass is 289 g/mol. The van der Waals surface area contributed by atoms with Gasteiger partial charge in [0.1, 0.15) is 0 Å². The maximum Gasteiger partial charge on any atom is 0.245 e. The number of phenols is 2. The summed E-state index contributed by atoms with van der Waals surface area (Å²) in [7, 11) is 0. The second-order valence-corrected chi connectivity index (χ2v) is 5.32. The van der Waals surface area contributed by atoms with Crippen molar-refractivity contribution in [1.82, 2.24) is 15.2 Å². The van der Waals surface area contributed by atoms with E-state index in [9.17, 15) is 10.2 Å². The summed E-state index contributed by atoms with van der Waals surface area (Å²) in [6.45, 7) is 2.49. The fourth-order valence-corrected chi connectivity index (χ4v) is 2.61. The van der Waals surface area contributed by atoms with Gasteiger partial charge in [0.2, 0.25) is 5.95 Å². The molecule has 1 aliphatic heterocycles. The van der Waals surface area contributed by atoms with Crippen molar-refractivity contribution in [1.29, 1.82) is 0 Å². The predicted octanol–water partition coefficient (Wildman–Crippen LogP) is 1.06. The molecule has 5 N–H and O–H groups in total. The Morgan fingerprint density at radius 1 is 1.29 bits per heavy atom. The molecule has 0 aliphatic carbocycles. The summed E-state index contributed by atoms with van der Waals surface area (Å²) < 4.78 is 0. The van der Waals surface area contributed by atoms with E-state index < -0.39 is 0 Å². The summed E-state index contributed by atoms with van der Waals surface area (Å²) >= 11 is 0. The summed E-state index contributed by atoms with van der Waals surface area (Å²) in [5.41, 5.74) is 6.13. The zero-order valence-electron chi connectivity index (χ0n) is 11.7. The third kappa shape index (κ3) is 2.64. The van der Waals surface area contributed by atoms with Crippen LogP contribution in [0, 0.1) is 5.92 Å². The van der Waals surface area contributed by atoms with Gasteiger partial charge in [-0.25, -0.2) is 0 Å². The molecule has 0 bridgehead atoms. The molecule has 3 rings (SSSR count). The number of para-hydroxylation sites is 1. The lowest BCUT2D eigenvalue weighted by molar-refractivity contribution is 0.405. The average molecular weight is 289 g/mol. The number of nitrogens with two attached hydrogens (primary N) is 1. The second kappa shape index (κ2) is 5.61. The molecule has 0 saturated carbocycles. The average Bonchev–Trinajstić information content (AvgIpc) is 3.00. The van der Waals surface area contributed by atoms with Crippen LogP contribution in [0.5, 0.6) is 11.5 Å². The summed E-state index contributed by atoms with van der Waals surface area (Å²) in [6, 6.07) is 4.76. The van der Waals surface area contributed by atoms with Crippen molar-refractivity contribution < 1.29 is 10.2 Å². The van der Waals surface area contributed by atoms with Gasteiger partial charge >= 0.3 is 0 Å². The summed E-state index contributed by atoms with van der Waals surface area (Å²) in [4.78, 5) is 6.52. The number of hydrogen-bond acceptors (Lipinski definition) is 6. The standard InChI is InChI=1S/C14H19N5O2/c15-8-9-4-6-19(7-5-9)14-16-13(17-18-14)10-2-1-3-11(20)12(10)21/h1-3,9,20-21H,4-8,15H2,(H,16,17,18). The zero-order chi connectivity index (χ0) is 14.8. The normalized spacial score (nSPS) is 16.3. The van der Waals surface area contributed by atoms with E-state index in [0.717, 1.165) is 32.5 Å². The van der Waals surface area contributed by atoms with Gasteiger partial charge in [0.05, 0.1) is 5.56 Å². The zero-order valence-corrected chi connectivity index (χ0v) is 11.7. The lowest BCUT2D eigenvalue weighted by Crippen LogP contribution is -2.36. The maximum absolute atomic E-state index is 9.87. The number of phenolic OH excluding ortho intramolecular Hbond substituents is 2. The van der Waals surface area contributed by atoms with E-state index in [0.29, 0.717) is 23.3 Å². The van der Waals surface area contributed by atoms with Gasteiger partial charge in [-0.05, 0) is 37.4 Å². The third-order valence-electron chi connectivity index (χ3n) is 3.97. The van der Waals surface area contributed by atoms with Crippen LogP contribution in [0.15, 0.2) is 18.2 Å². The molecular weight excluding hydrogens is 270 g/mol. The van der Waals surface area contributed by atoms with Gasteiger partial charge in [0.25, 0.3) is 0 Å². The molecule has 1 fully saturated rings. The number of piperidine rings is 1. The highest BCUT2D eigenvalue weighted by atomic mass is 16.3. The quantitative estimate of drug-likeness (QED) is 0.629. The van der Waals surface area contributed by atoms with Crippen molar-refractivity contribution in [3.8, 4) is 22.9 Å². The number of aromatic nitrogens is 3. The van der Waals surface area contributed by atoms with Gasteiger partial charge in [-0.2, -0.15) is 4.98 Å². The van der Waals surface area contributed by atoms with Crippen molar-refractivity contribution in [3.63, 3.8) is 0 Å². The Kier molecular flexibility index (Phi) is 3.66. The largest absolute Gasteiger partial charge is 0.504 e. The molecule has 21 heavy (non-hydrogen) atoms. The fourth-order valence-electron chi connectivity index (χ4n) is 2.61. The Hall–Kier alpha value is -2.28. The van der Waals surface area contributed by atoms with Crippen molar-refractivity contribution in [3.05, 3.63) is 18.2 Å². The van der Waals surface area contributed by atoms with Gasteiger partial charge in [0, 0.05) is 13.1 Å². The lowest BCUT2D eigenvalue weighted by atomic mass is 9.97. The Bertz CT molecular complexity index is 620. The van der Waals surface area contributed by atoms with Crippen LogP contribution in [0.25, 0.3) is 11.4 Å². The van der Waals surface area contributed by atoms with Crippen molar-refractivity contribution in [2.75, 3.05) is 24.5 Å². The number of H-pyrrole nitrogens is 1. The molecule has 0 unspecified atom stereocenters. The van der Waals surface area contributed by atoms with Crippen LogP contribution in [-0.4, -0.2) is 45.0 Å². The fraction of sp³-hybridized carbons (Fsp3) is 0.429. The molecule has 0 radical (unpaired) electrons. The second-order valence-electron chi connectivity index (χ2n) is 5.32. The van der Waals surface area contributed by atoms with Crippen LogP contribution in [0.1, 0.15) is 12.8 Å². The minimum Gasteiger partial charge on any atom is -0.504 e. The van der Waals surface area contributed by atoms with Crippen LogP contribution < -0.4 is 10.6 Å².